The molecule has 1 aliphatic rings. The second-order valence-electron chi connectivity index (χ2n) is 4.40. The standard InChI is InChI=1S/C11H20N5O3/c1-18-6-7-19-10-3-5-15(8-9(10)17)16-13-4-2-11(12)14-16/h2,4,9-10,17H,3,5-8H2,1H3,(H2,12,13,14)/q+1/t9-,10+/m1/s1. The van der Waals surface area contributed by atoms with E-state index in [0.29, 0.717) is 38.5 Å². The number of aromatic nitrogens is 3. The Morgan fingerprint density at radius 3 is 3.11 bits per heavy atom. The van der Waals surface area contributed by atoms with Crippen molar-refractivity contribution in [3.05, 3.63) is 12.3 Å². The van der Waals surface area contributed by atoms with Crippen molar-refractivity contribution in [1.82, 2.24) is 10.2 Å². The molecule has 1 aliphatic heterocycles. The molecule has 0 aromatic carbocycles. The first-order valence-electron chi connectivity index (χ1n) is 6.25. The van der Waals surface area contributed by atoms with E-state index in [1.807, 2.05) is 5.01 Å². The summed E-state index contributed by atoms with van der Waals surface area (Å²) in [4.78, 5) is 1.42. The van der Waals surface area contributed by atoms with E-state index >= 15 is 0 Å². The van der Waals surface area contributed by atoms with Gasteiger partial charge in [0, 0.05) is 13.2 Å². The highest BCUT2D eigenvalue weighted by atomic mass is 16.5. The number of aliphatic hydroxyl groups excluding tert-OH is 1. The van der Waals surface area contributed by atoms with Gasteiger partial charge in [-0.2, -0.15) is 0 Å². The molecule has 0 aliphatic carbocycles. The van der Waals surface area contributed by atoms with Gasteiger partial charge in [-0.3, -0.25) is 0 Å². The molecule has 1 saturated heterocycles. The van der Waals surface area contributed by atoms with E-state index in [4.69, 9.17) is 15.2 Å². The molecule has 0 saturated carbocycles. The summed E-state index contributed by atoms with van der Waals surface area (Å²) < 4.78 is 10.5. The quantitative estimate of drug-likeness (QED) is 0.475. The summed E-state index contributed by atoms with van der Waals surface area (Å²) in [5.41, 5.74) is 5.61. The molecule has 1 aromatic heterocycles. The molecule has 3 N–H and O–H groups in total. The number of hydrogen-bond donors (Lipinski definition) is 2. The predicted molar refractivity (Wildman–Crippen MR) is 66.8 cm³/mol. The Balaban J connectivity index is 1.89. The molecular formula is C11H20N5O3+. The molecule has 0 spiro atoms. The van der Waals surface area contributed by atoms with E-state index in [1.165, 1.54) is 4.91 Å². The molecule has 106 valence electrons. The second-order valence-corrected chi connectivity index (χ2v) is 4.40. The summed E-state index contributed by atoms with van der Waals surface area (Å²) in [7, 11) is 1.62. The summed E-state index contributed by atoms with van der Waals surface area (Å²) in [5, 5.41) is 20.0. The van der Waals surface area contributed by atoms with Gasteiger partial charge in [-0.05, 0) is 6.42 Å². The fourth-order valence-corrected chi connectivity index (χ4v) is 2.00. The van der Waals surface area contributed by atoms with Crippen LogP contribution in [0.5, 0.6) is 0 Å². The van der Waals surface area contributed by atoms with Crippen molar-refractivity contribution in [2.45, 2.75) is 18.6 Å². The van der Waals surface area contributed by atoms with Gasteiger partial charge in [0.2, 0.25) is 0 Å². The Bertz CT molecular complexity index is 406. The van der Waals surface area contributed by atoms with Gasteiger partial charge in [-0.25, -0.2) is 0 Å². The lowest BCUT2D eigenvalue weighted by Gasteiger charge is -2.30. The Labute approximate surface area is 111 Å². The van der Waals surface area contributed by atoms with Crippen molar-refractivity contribution in [1.29, 1.82) is 0 Å². The monoisotopic (exact) mass is 270 g/mol. The number of β-amino-alcohol motifs (C(OH)–C–C–N with tert-alkyl or cyclic N) is 1. The van der Waals surface area contributed by atoms with Crippen LogP contribution in [0.25, 0.3) is 0 Å². The number of anilines is 1. The lowest BCUT2D eigenvalue weighted by molar-refractivity contribution is -0.803. The molecule has 1 aromatic rings. The van der Waals surface area contributed by atoms with Crippen molar-refractivity contribution in [3.63, 3.8) is 0 Å². The smallest absolute Gasteiger partial charge is 0.199 e. The third-order valence-corrected chi connectivity index (χ3v) is 2.99. The average Bonchev–Trinajstić information content (AvgIpc) is 2.41. The third kappa shape index (κ3) is 3.72. The van der Waals surface area contributed by atoms with Gasteiger partial charge < -0.3 is 20.3 Å². The first-order chi connectivity index (χ1) is 9.20. The molecule has 1 fully saturated rings. The highest BCUT2D eigenvalue weighted by molar-refractivity contribution is 5.20. The van der Waals surface area contributed by atoms with Crippen molar-refractivity contribution in [2.75, 3.05) is 44.2 Å². The van der Waals surface area contributed by atoms with Crippen LogP contribution in [-0.4, -0.2) is 60.9 Å². The van der Waals surface area contributed by atoms with Crippen LogP contribution in [0.1, 0.15) is 6.42 Å². The average molecular weight is 270 g/mol. The molecule has 8 nitrogen and oxygen atoms in total. The number of nitrogens with two attached hydrogens (primary N) is 1. The van der Waals surface area contributed by atoms with Gasteiger partial charge in [0.15, 0.2) is 10.7 Å². The minimum atomic E-state index is -0.580. The summed E-state index contributed by atoms with van der Waals surface area (Å²) in [6.45, 7) is 2.12. The van der Waals surface area contributed by atoms with Crippen molar-refractivity contribution in [2.24, 2.45) is 0 Å². The lowest BCUT2D eigenvalue weighted by Crippen LogP contribution is -2.68. The molecule has 19 heavy (non-hydrogen) atoms. The number of rotatable bonds is 5. The Morgan fingerprint density at radius 2 is 2.42 bits per heavy atom. The van der Waals surface area contributed by atoms with E-state index in [1.54, 1.807) is 19.4 Å². The van der Waals surface area contributed by atoms with E-state index < -0.39 is 6.10 Å². The predicted octanol–water partition coefficient (Wildman–Crippen LogP) is -1.92. The van der Waals surface area contributed by atoms with Crippen molar-refractivity contribution >= 4 is 5.82 Å². The van der Waals surface area contributed by atoms with E-state index in [9.17, 15) is 5.11 Å². The normalized spacial score (nSPS) is 23.6. The number of piperidine rings is 1. The molecule has 2 atom stereocenters. The molecule has 0 bridgehead atoms. The van der Waals surface area contributed by atoms with Crippen LogP contribution in [0, 0.1) is 0 Å². The van der Waals surface area contributed by atoms with Crippen LogP contribution in [0.2, 0.25) is 0 Å². The van der Waals surface area contributed by atoms with Gasteiger partial charge in [0.05, 0.1) is 36.1 Å². The maximum Gasteiger partial charge on any atom is 0.199 e. The molecule has 8 heteroatoms. The Morgan fingerprint density at radius 1 is 1.58 bits per heavy atom. The van der Waals surface area contributed by atoms with Crippen LogP contribution < -0.4 is 15.6 Å². The third-order valence-electron chi connectivity index (χ3n) is 2.99. The second kappa shape index (κ2) is 6.60. The van der Waals surface area contributed by atoms with Gasteiger partial charge >= 0.3 is 0 Å². The lowest BCUT2D eigenvalue weighted by atomic mass is 10.1. The first kappa shape index (κ1) is 13.9. The van der Waals surface area contributed by atoms with Crippen LogP contribution in [0.4, 0.5) is 5.82 Å². The number of nitrogen functional groups attached to an aromatic ring is 1. The molecule has 0 unspecified atom stereocenters. The number of aliphatic hydroxyl groups is 1. The zero-order valence-corrected chi connectivity index (χ0v) is 11.0. The van der Waals surface area contributed by atoms with E-state index in [-0.39, 0.29) is 6.10 Å². The molecule has 0 radical (unpaired) electrons. The number of hydrogen-bond acceptors (Lipinski definition) is 7. The number of ether oxygens (including phenoxy) is 2. The largest absolute Gasteiger partial charge is 0.388 e. The van der Waals surface area contributed by atoms with Gasteiger partial charge in [0.25, 0.3) is 0 Å². The minimum absolute atomic E-state index is 0.173. The molecule has 2 heterocycles. The fourth-order valence-electron chi connectivity index (χ4n) is 2.00. The van der Waals surface area contributed by atoms with Gasteiger partial charge in [-0.1, -0.05) is 0 Å². The minimum Gasteiger partial charge on any atom is -0.388 e. The van der Waals surface area contributed by atoms with Crippen LogP contribution in [0.15, 0.2) is 12.3 Å². The maximum atomic E-state index is 10.1. The van der Waals surface area contributed by atoms with Crippen molar-refractivity contribution in [3.8, 4) is 0 Å². The van der Waals surface area contributed by atoms with Gasteiger partial charge in [-0.15, -0.1) is 5.01 Å². The Kier molecular flexibility index (Phi) is 4.83. The van der Waals surface area contributed by atoms with Gasteiger partial charge in [0.1, 0.15) is 18.8 Å². The van der Waals surface area contributed by atoms with E-state index in [0.717, 1.165) is 0 Å². The zero-order valence-electron chi connectivity index (χ0n) is 11.0. The van der Waals surface area contributed by atoms with Crippen LogP contribution in [0.3, 0.4) is 0 Å². The van der Waals surface area contributed by atoms with Crippen molar-refractivity contribution < 1.29 is 19.5 Å². The molecule has 0 amide bonds. The molecular weight excluding hydrogens is 250 g/mol. The summed E-state index contributed by atoms with van der Waals surface area (Å²) >= 11 is 0. The zero-order chi connectivity index (χ0) is 13.7. The number of methoxy groups -OCH3 is 1. The first-order valence-corrected chi connectivity index (χ1v) is 6.25. The van der Waals surface area contributed by atoms with E-state index in [2.05, 4.69) is 10.2 Å². The molecule has 2 rings (SSSR count). The highest BCUT2D eigenvalue weighted by Gasteiger charge is 2.33. The maximum absolute atomic E-state index is 10.1. The van der Waals surface area contributed by atoms with Crippen LogP contribution >= 0.6 is 0 Å². The summed E-state index contributed by atoms with van der Waals surface area (Å²) in [5.74, 6) is 0.392. The summed E-state index contributed by atoms with van der Waals surface area (Å²) in [6.07, 6.45) is 1.53. The number of nitrogens with zero attached hydrogens (tertiary/aromatic N) is 4. The highest BCUT2D eigenvalue weighted by Crippen LogP contribution is 2.11. The Hall–Kier alpha value is -1.51. The van der Waals surface area contributed by atoms with Crippen LogP contribution in [-0.2, 0) is 9.47 Å². The fraction of sp³-hybridized carbons (Fsp3) is 0.727. The SMILES string of the molecule is COCCO[C@H]1CCN([n+]2nccc(N)n2)C[C@H]1O. The summed E-state index contributed by atoms with van der Waals surface area (Å²) in [6, 6.07) is 1.62. The topological polar surface area (TPSA) is 97.6 Å².